The van der Waals surface area contributed by atoms with E-state index in [-0.39, 0.29) is 6.61 Å². The van der Waals surface area contributed by atoms with Crippen molar-refractivity contribution in [1.29, 1.82) is 5.26 Å². The molecule has 1 aliphatic heterocycles. The number of ether oxygens (including phenoxy) is 1. The van der Waals surface area contributed by atoms with Crippen LogP contribution in [0.3, 0.4) is 0 Å². The second-order valence-electron chi connectivity index (χ2n) is 5.32. The van der Waals surface area contributed by atoms with E-state index in [1.165, 1.54) is 25.7 Å². The van der Waals surface area contributed by atoms with Gasteiger partial charge in [0.15, 0.2) is 0 Å². The zero-order valence-corrected chi connectivity index (χ0v) is 11.8. The molecule has 1 atom stereocenters. The van der Waals surface area contributed by atoms with Gasteiger partial charge in [0, 0.05) is 6.54 Å². The van der Waals surface area contributed by atoms with E-state index >= 15 is 0 Å². The van der Waals surface area contributed by atoms with E-state index in [1.54, 1.807) is 24.3 Å². The fourth-order valence-electron chi connectivity index (χ4n) is 2.52. The molecule has 0 aromatic heterocycles. The summed E-state index contributed by atoms with van der Waals surface area (Å²) in [6.45, 7) is 3.07. The van der Waals surface area contributed by atoms with Crippen LogP contribution in [-0.4, -0.2) is 42.4 Å². The Labute approximate surface area is 120 Å². The molecular weight excluding hydrogens is 252 g/mol. The van der Waals surface area contributed by atoms with Gasteiger partial charge in [0.25, 0.3) is 0 Å². The predicted octanol–water partition coefficient (Wildman–Crippen LogP) is 2.17. The van der Waals surface area contributed by atoms with Gasteiger partial charge in [-0.2, -0.15) is 5.26 Å². The number of hydrogen-bond donors (Lipinski definition) is 1. The minimum atomic E-state index is -0.487. The molecule has 1 fully saturated rings. The number of aliphatic hydroxyl groups is 1. The molecule has 1 aromatic rings. The smallest absolute Gasteiger partial charge is 0.120 e. The Hall–Kier alpha value is -1.57. The summed E-state index contributed by atoms with van der Waals surface area (Å²) in [6, 6.07) is 9.10. The topological polar surface area (TPSA) is 56.5 Å². The second kappa shape index (κ2) is 7.88. The van der Waals surface area contributed by atoms with Gasteiger partial charge in [-0.3, -0.25) is 0 Å². The molecule has 20 heavy (non-hydrogen) atoms. The Morgan fingerprint density at radius 1 is 1.25 bits per heavy atom. The minimum absolute atomic E-state index is 0.269. The maximum atomic E-state index is 10.0. The fourth-order valence-corrected chi connectivity index (χ4v) is 2.52. The number of likely N-dealkylation sites (tertiary alicyclic amines) is 1. The van der Waals surface area contributed by atoms with Gasteiger partial charge in [0.2, 0.25) is 0 Å². The van der Waals surface area contributed by atoms with Crippen LogP contribution in [0.4, 0.5) is 0 Å². The highest BCUT2D eigenvalue weighted by atomic mass is 16.5. The van der Waals surface area contributed by atoms with E-state index < -0.39 is 6.10 Å². The van der Waals surface area contributed by atoms with Crippen LogP contribution in [0.1, 0.15) is 31.2 Å². The quantitative estimate of drug-likeness (QED) is 0.894. The molecule has 1 heterocycles. The summed E-state index contributed by atoms with van der Waals surface area (Å²) >= 11 is 0. The van der Waals surface area contributed by atoms with Crippen molar-refractivity contribution in [1.82, 2.24) is 4.90 Å². The van der Waals surface area contributed by atoms with Crippen molar-refractivity contribution in [3.8, 4) is 11.8 Å². The molecular formula is C16H22N2O2. The van der Waals surface area contributed by atoms with Gasteiger partial charge in [-0.25, -0.2) is 0 Å². The lowest BCUT2D eigenvalue weighted by Crippen LogP contribution is -2.36. The molecule has 1 aromatic carbocycles. The zero-order valence-electron chi connectivity index (χ0n) is 11.8. The van der Waals surface area contributed by atoms with E-state index in [2.05, 4.69) is 11.0 Å². The van der Waals surface area contributed by atoms with Crippen LogP contribution in [0.5, 0.6) is 5.75 Å². The number of aliphatic hydroxyl groups excluding tert-OH is 1. The zero-order chi connectivity index (χ0) is 14.2. The molecule has 0 radical (unpaired) electrons. The van der Waals surface area contributed by atoms with Gasteiger partial charge in [-0.15, -0.1) is 0 Å². The molecule has 4 nitrogen and oxygen atoms in total. The Bertz CT molecular complexity index is 448. The van der Waals surface area contributed by atoms with Crippen LogP contribution in [-0.2, 0) is 0 Å². The Balaban J connectivity index is 1.76. The number of benzene rings is 1. The van der Waals surface area contributed by atoms with E-state index in [4.69, 9.17) is 10.00 Å². The van der Waals surface area contributed by atoms with Crippen LogP contribution < -0.4 is 4.74 Å². The van der Waals surface area contributed by atoms with Gasteiger partial charge in [-0.05, 0) is 44.1 Å². The molecule has 0 spiro atoms. The molecule has 0 aliphatic carbocycles. The third-order valence-electron chi connectivity index (χ3n) is 3.57. The molecule has 1 unspecified atom stereocenters. The molecule has 1 N–H and O–H groups in total. The van der Waals surface area contributed by atoms with Crippen LogP contribution in [0.15, 0.2) is 24.3 Å². The first kappa shape index (κ1) is 14.8. The predicted molar refractivity (Wildman–Crippen MR) is 77.6 cm³/mol. The summed E-state index contributed by atoms with van der Waals surface area (Å²) in [5.74, 6) is 0.638. The van der Waals surface area contributed by atoms with Crippen LogP contribution in [0.2, 0.25) is 0 Å². The summed E-state index contributed by atoms with van der Waals surface area (Å²) in [5.41, 5.74) is 0.574. The monoisotopic (exact) mass is 274 g/mol. The standard InChI is InChI=1S/C16H22N2O2/c17-11-14-6-5-7-16(10-14)20-13-15(19)12-18-8-3-1-2-4-9-18/h5-7,10,15,19H,1-4,8-9,12-13H2. The van der Waals surface area contributed by atoms with E-state index in [9.17, 15) is 5.11 Å². The first-order valence-corrected chi connectivity index (χ1v) is 7.31. The average molecular weight is 274 g/mol. The molecule has 0 saturated carbocycles. The number of rotatable bonds is 5. The highest BCUT2D eigenvalue weighted by molar-refractivity contribution is 5.36. The lowest BCUT2D eigenvalue weighted by Gasteiger charge is -2.23. The summed E-state index contributed by atoms with van der Waals surface area (Å²) < 4.78 is 5.56. The lowest BCUT2D eigenvalue weighted by atomic mass is 10.2. The van der Waals surface area contributed by atoms with Crippen molar-refractivity contribution in [2.24, 2.45) is 0 Å². The third-order valence-corrected chi connectivity index (χ3v) is 3.57. The van der Waals surface area contributed by atoms with Crippen molar-refractivity contribution in [2.75, 3.05) is 26.2 Å². The fraction of sp³-hybridized carbons (Fsp3) is 0.562. The van der Waals surface area contributed by atoms with Crippen molar-refractivity contribution in [3.05, 3.63) is 29.8 Å². The van der Waals surface area contributed by atoms with Gasteiger partial charge in [-0.1, -0.05) is 18.9 Å². The summed E-state index contributed by atoms with van der Waals surface area (Å²) in [6.07, 6.45) is 4.54. The minimum Gasteiger partial charge on any atom is -0.491 e. The molecule has 108 valence electrons. The van der Waals surface area contributed by atoms with Gasteiger partial charge >= 0.3 is 0 Å². The molecule has 4 heteroatoms. The second-order valence-corrected chi connectivity index (χ2v) is 5.32. The number of β-amino-alcohol motifs (C(OH)–C–C–N with tert-alkyl or cyclic N) is 1. The maximum absolute atomic E-state index is 10.0. The lowest BCUT2D eigenvalue weighted by molar-refractivity contribution is 0.0693. The highest BCUT2D eigenvalue weighted by Crippen LogP contribution is 2.14. The summed E-state index contributed by atoms with van der Waals surface area (Å²) in [4.78, 5) is 2.31. The highest BCUT2D eigenvalue weighted by Gasteiger charge is 2.14. The van der Waals surface area contributed by atoms with E-state index in [0.717, 1.165) is 13.1 Å². The molecule has 0 amide bonds. The van der Waals surface area contributed by atoms with Crippen molar-refractivity contribution in [2.45, 2.75) is 31.8 Å². The third kappa shape index (κ3) is 4.84. The maximum Gasteiger partial charge on any atom is 0.120 e. The van der Waals surface area contributed by atoms with Crippen molar-refractivity contribution in [3.63, 3.8) is 0 Å². The van der Waals surface area contributed by atoms with Crippen LogP contribution >= 0.6 is 0 Å². The van der Waals surface area contributed by atoms with Gasteiger partial charge < -0.3 is 14.7 Å². The normalized spacial score (nSPS) is 18.0. The van der Waals surface area contributed by atoms with Gasteiger partial charge in [0.1, 0.15) is 18.5 Å². The van der Waals surface area contributed by atoms with Gasteiger partial charge in [0.05, 0.1) is 11.6 Å². The first-order chi connectivity index (χ1) is 9.78. The van der Waals surface area contributed by atoms with Crippen LogP contribution in [0.25, 0.3) is 0 Å². The number of nitrogens with zero attached hydrogens (tertiary/aromatic N) is 2. The summed E-state index contributed by atoms with van der Waals surface area (Å²) in [5, 5.41) is 18.9. The van der Waals surface area contributed by atoms with E-state index in [0.29, 0.717) is 17.9 Å². The Kier molecular flexibility index (Phi) is 5.85. The number of hydrogen-bond acceptors (Lipinski definition) is 4. The molecule has 0 bridgehead atoms. The van der Waals surface area contributed by atoms with E-state index in [1.807, 2.05) is 0 Å². The average Bonchev–Trinajstić information content (AvgIpc) is 2.74. The van der Waals surface area contributed by atoms with Crippen LogP contribution in [0, 0.1) is 11.3 Å². The molecule has 1 aliphatic rings. The summed E-state index contributed by atoms with van der Waals surface area (Å²) in [7, 11) is 0. The molecule has 1 saturated heterocycles. The molecule has 2 rings (SSSR count). The Morgan fingerprint density at radius 3 is 2.70 bits per heavy atom. The van der Waals surface area contributed by atoms with Crippen molar-refractivity contribution < 1.29 is 9.84 Å². The largest absolute Gasteiger partial charge is 0.491 e. The SMILES string of the molecule is N#Cc1cccc(OCC(O)CN2CCCCCC2)c1. The number of nitriles is 1. The first-order valence-electron chi connectivity index (χ1n) is 7.31. The van der Waals surface area contributed by atoms with Crippen molar-refractivity contribution >= 4 is 0 Å². The Morgan fingerprint density at radius 2 is 2.00 bits per heavy atom.